The predicted octanol–water partition coefficient (Wildman–Crippen LogP) is 3.09. The van der Waals surface area contributed by atoms with Gasteiger partial charge in [-0.25, -0.2) is 4.39 Å². The maximum absolute atomic E-state index is 13.1. The molecule has 1 heterocycles. The normalized spacial score (nSPS) is 12.3. The molecule has 3 rings (SSSR count). The second kappa shape index (κ2) is 6.45. The maximum Gasteiger partial charge on any atom is 0.268 e. The van der Waals surface area contributed by atoms with E-state index < -0.39 is 6.04 Å². The van der Waals surface area contributed by atoms with Crippen LogP contribution in [0.1, 0.15) is 27.7 Å². The fourth-order valence-electron chi connectivity index (χ4n) is 3.06. The molecule has 5 heteroatoms. The van der Waals surface area contributed by atoms with Crippen LogP contribution in [0.25, 0.3) is 10.9 Å². The van der Waals surface area contributed by atoms with Crippen molar-refractivity contribution in [2.45, 2.75) is 13.0 Å². The zero-order valence-electron chi connectivity index (χ0n) is 13.6. The van der Waals surface area contributed by atoms with Gasteiger partial charge in [-0.15, -0.1) is 0 Å². The Bertz CT molecular complexity index is 845. The van der Waals surface area contributed by atoms with Crippen molar-refractivity contribution in [3.05, 3.63) is 71.2 Å². The van der Waals surface area contributed by atoms with E-state index in [9.17, 15) is 14.3 Å². The highest BCUT2D eigenvalue weighted by molar-refractivity contribution is 6.01. The number of hydrogen-bond donors (Lipinski definition) is 2. The Morgan fingerprint density at radius 3 is 2.50 bits per heavy atom. The Kier molecular flexibility index (Phi) is 4.36. The second-order valence-corrected chi connectivity index (χ2v) is 5.81. The average Bonchev–Trinajstić information content (AvgIpc) is 2.85. The van der Waals surface area contributed by atoms with E-state index in [1.54, 1.807) is 12.1 Å². The van der Waals surface area contributed by atoms with Crippen LogP contribution in [-0.4, -0.2) is 22.2 Å². The number of aromatic nitrogens is 1. The first-order valence-corrected chi connectivity index (χ1v) is 7.74. The van der Waals surface area contributed by atoms with Crippen LogP contribution in [0.15, 0.2) is 48.5 Å². The molecule has 24 heavy (non-hydrogen) atoms. The van der Waals surface area contributed by atoms with Gasteiger partial charge in [0.2, 0.25) is 0 Å². The van der Waals surface area contributed by atoms with E-state index in [0.29, 0.717) is 11.3 Å². The lowest BCUT2D eigenvalue weighted by molar-refractivity contribution is 0.0907. The van der Waals surface area contributed by atoms with Crippen LogP contribution in [0.3, 0.4) is 0 Å². The third-order valence-corrected chi connectivity index (χ3v) is 4.34. The van der Waals surface area contributed by atoms with Gasteiger partial charge < -0.3 is 15.0 Å². The van der Waals surface area contributed by atoms with Gasteiger partial charge in [0.1, 0.15) is 11.5 Å². The number of carbonyl (C=O) groups excluding carboxylic acids is 1. The lowest BCUT2D eigenvalue weighted by Gasteiger charge is -2.17. The number of carbonyl (C=O) groups is 1. The molecule has 0 radical (unpaired) electrons. The summed E-state index contributed by atoms with van der Waals surface area (Å²) < 4.78 is 14.9. The van der Waals surface area contributed by atoms with Gasteiger partial charge in [0.15, 0.2) is 0 Å². The van der Waals surface area contributed by atoms with Crippen LogP contribution in [0.2, 0.25) is 0 Å². The van der Waals surface area contributed by atoms with Gasteiger partial charge in [-0.1, -0.05) is 30.3 Å². The van der Waals surface area contributed by atoms with Crippen molar-refractivity contribution in [3.63, 3.8) is 0 Å². The molecule has 0 unspecified atom stereocenters. The predicted molar refractivity (Wildman–Crippen MR) is 91.3 cm³/mol. The fraction of sp³-hybridized carbons (Fsp3) is 0.211. The number of fused-ring (bicyclic) bond motifs is 1. The summed E-state index contributed by atoms with van der Waals surface area (Å²) in [6, 6.07) is 13.0. The lowest BCUT2D eigenvalue weighted by Crippen LogP contribution is -2.32. The molecule has 4 nitrogen and oxygen atoms in total. The SMILES string of the molecule is Cc1c(C(=O)N[C@H](CO)c2ccc(F)cc2)n(C)c2ccccc12. The van der Waals surface area contributed by atoms with Crippen molar-refractivity contribution < 1.29 is 14.3 Å². The number of nitrogens with one attached hydrogen (secondary N) is 1. The van der Waals surface area contributed by atoms with Crippen molar-refractivity contribution in [3.8, 4) is 0 Å². The van der Waals surface area contributed by atoms with E-state index in [2.05, 4.69) is 5.32 Å². The number of para-hydroxylation sites is 1. The molecule has 1 amide bonds. The molecule has 1 aromatic heterocycles. The standard InChI is InChI=1S/C19H19FN2O2/c1-12-15-5-3-4-6-17(15)22(2)18(12)19(24)21-16(11-23)13-7-9-14(20)10-8-13/h3-10,16,23H,11H2,1-2H3,(H,21,24)/t16-/m1/s1. The first-order valence-electron chi connectivity index (χ1n) is 7.74. The van der Waals surface area contributed by atoms with E-state index in [1.165, 1.54) is 12.1 Å². The molecule has 0 saturated carbocycles. The van der Waals surface area contributed by atoms with E-state index in [1.807, 2.05) is 42.8 Å². The third kappa shape index (κ3) is 2.78. The van der Waals surface area contributed by atoms with E-state index in [0.717, 1.165) is 16.5 Å². The number of benzene rings is 2. The molecule has 3 aromatic rings. The van der Waals surface area contributed by atoms with Crippen LogP contribution in [0.5, 0.6) is 0 Å². The number of rotatable bonds is 4. The van der Waals surface area contributed by atoms with Crippen LogP contribution in [0, 0.1) is 12.7 Å². The van der Waals surface area contributed by atoms with Crippen LogP contribution in [0.4, 0.5) is 4.39 Å². The van der Waals surface area contributed by atoms with Crippen LogP contribution >= 0.6 is 0 Å². The van der Waals surface area contributed by atoms with E-state index in [-0.39, 0.29) is 18.3 Å². The zero-order chi connectivity index (χ0) is 17.3. The van der Waals surface area contributed by atoms with Gasteiger partial charge in [0, 0.05) is 18.0 Å². The van der Waals surface area contributed by atoms with E-state index >= 15 is 0 Å². The maximum atomic E-state index is 13.1. The summed E-state index contributed by atoms with van der Waals surface area (Å²) in [5.41, 5.74) is 3.07. The molecular formula is C19H19FN2O2. The summed E-state index contributed by atoms with van der Waals surface area (Å²) in [6.45, 7) is 1.64. The highest BCUT2D eigenvalue weighted by Crippen LogP contribution is 2.25. The largest absolute Gasteiger partial charge is 0.394 e. The molecule has 2 N–H and O–H groups in total. The monoisotopic (exact) mass is 326 g/mol. The van der Waals surface area contributed by atoms with Crippen molar-refractivity contribution in [2.24, 2.45) is 7.05 Å². The highest BCUT2D eigenvalue weighted by Gasteiger charge is 2.21. The Morgan fingerprint density at radius 1 is 1.21 bits per heavy atom. The second-order valence-electron chi connectivity index (χ2n) is 5.81. The number of amides is 1. The Hall–Kier alpha value is -2.66. The quantitative estimate of drug-likeness (QED) is 0.774. The van der Waals surface area contributed by atoms with Crippen molar-refractivity contribution in [2.75, 3.05) is 6.61 Å². The summed E-state index contributed by atoms with van der Waals surface area (Å²) in [6.07, 6.45) is 0. The Balaban J connectivity index is 1.93. The van der Waals surface area contributed by atoms with Crippen molar-refractivity contribution in [1.82, 2.24) is 9.88 Å². The first kappa shape index (κ1) is 16.2. The average molecular weight is 326 g/mol. The van der Waals surface area contributed by atoms with Crippen LogP contribution < -0.4 is 5.32 Å². The Labute approximate surface area is 139 Å². The number of halogens is 1. The summed E-state index contributed by atoms with van der Waals surface area (Å²) in [5, 5.41) is 13.5. The molecular weight excluding hydrogens is 307 g/mol. The number of nitrogens with zero attached hydrogens (tertiary/aromatic N) is 1. The van der Waals surface area contributed by atoms with E-state index in [4.69, 9.17) is 0 Å². The summed E-state index contributed by atoms with van der Waals surface area (Å²) in [7, 11) is 1.84. The minimum Gasteiger partial charge on any atom is -0.394 e. The van der Waals surface area contributed by atoms with Crippen molar-refractivity contribution >= 4 is 16.8 Å². The fourth-order valence-corrected chi connectivity index (χ4v) is 3.06. The van der Waals surface area contributed by atoms with Gasteiger partial charge in [-0.3, -0.25) is 4.79 Å². The molecule has 0 aliphatic rings. The van der Waals surface area contributed by atoms with Gasteiger partial charge in [-0.05, 0) is 36.2 Å². The zero-order valence-corrected chi connectivity index (χ0v) is 13.6. The molecule has 0 fully saturated rings. The van der Waals surface area contributed by atoms with Gasteiger partial charge >= 0.3 is 0 Å². The number of hydrogen-bond acceptors (Lipinski definition) is 2. The molecule has 0 saturated heterocycles. The molecule has 124 valence electrons. The lowest BCUT2D eigenvalue weighted by atomic mass is 10.1. The molecule has 0 aliphatic carbocycles. The van der Waals surface area contributed by atoms with Crippen molar-refractivity contribution in [1.29, 1.82) is 0 Å². The molecule has 0 spiro atoms. The first-order chi connectivity index (χ1) is 11.5. The number of aliphatic hydroxyl groups excluding tert-OH is 1. The smallest absolute Gasteiger partial charge is 0.268 e. The molecule has 0 aliphatic heterocycles. The minimum absolute atomic E-state index is 0.264. The molecule has 2 aromatic carbocycles. The van der Waals surface area contributed by atoms with Gasteiger partial charge in [0.05, 0.1) is 12.6 Å². The highest BCUT2D eigenvalue weighted by atomic mass is 19.1. The molecule has 1 atom stereocenters. The topological polar surface area (TPSA) is 54.3 Å². The summed E-state index contributed by atoms with van der Waals surface area (Å²) in [5.74, 6) is -0.624. The van der Waals surface area contributed by atoms with Gasteiger partial charge in [-0.2, -0.15) is 0 Å². The third-order valence-electron chi connectivity index (χ3n) is 4.34. The minimum atomic E-state index is -0.587. The van der Waals surface area contributed by atoms with Crippen LogP contribution in [-0.2, 0) is 7.05 Å². The number of aryl methyl sites for hydroxylation is 2. The molecule has 0 bridgehead atoms. The van der Waals surface area contributed by atoms with Gasteiger partial charge in [0.25, 0.3) is 5.91 Å². The number of aliphatic hydroxyl groups is 1. The Morgan fingerprint density at radius 2 is 1.88 bits per heavy atom. The summed E-state index contributed by atoms with van der Waals surface area (Å²) in [4.78, 5) is 12.7. The summed E-state index contributed by atoms with van der Waals surface area (Å²) >= 11 is 0.